The third kappa shape index (κ3) is 3.01. The lowest BCUT2D eigenvalue weighted by Gasteiger charge is -2.24. The van der Waals surface area contributed by atoms with Gasteiger partial charge in [-0.3, -0.25) is 4.79 Å². The number of hydrogen-bond donors (Lipinski definition) is 0. The van der Waals surface area contributed by atoms with Crippen molar-refractivity contribution in [3.05, 3.63) is 64.2 Å². The van der Waals surface area contributed by atoms with Crippen LogP contribution in [0, 0.1) is 20.8 Å². The van der Waals surface area contributed by atoms with Crippen LogP contribution in [-0.4, -0.2) is 32.6 Å². The fourth-order valence-corrected chi connectivity index (χ4v) is 3.95. The lowest BCUT2D eigenvalue weighted by molar-refractivity contribution is 0.0963. The van der Waals surface area contributed by atoms with Crippen molar-refractivity contribution in [2.45, 2.75) is 39.5 Å². The number of benzene rings is 1. The summed E-state index contributed by atoms with van der Waals surface area (Å²) in [5, 5.41) is 4.61. The Morgan fingerprint density at radius 1 is 1.07 bits per heavy atom. The van der Waals surface area contributed by atoms with Gasteiger partial charge in [0.25, 0.3) is 5.95 Å². The molecule has 2 aromatic heterocycles. The molecule has 0 saturated heterocycles. The van der Waals surface area contributed by atoms with E-state index in [1.54, 1.807) is 11.8 Å². The Morgan fingerprint density at radius 3 is 2.48 bits per heavy atom. The predicted molar refractivity (Wildman–Crippen MR) is 102 cm³/mol. The minimum absolute atomic E-state index is 0.0434. The van der Waals surface area contributed by atoms with Gasteiger partial charge in [-0.1, -0.05) is 18.2 Å². The molecule has 6 nitrogen and oxygen atoms in total. The number of hydrogen-bond acceptors (Lipinski definition) is 5. The summed E-state index contributed by atoms with van der Waals surface area (Å²) >= 11 is 0. The predicted octanol–water partition coefficient (Wildman–Crippen LogP) is 3.51. The van der Waals surface area contributed by atoms with Gasteiger partial charge in [0.1, 0.15) is 5.75 Å². The van der Waals surface area contributed by atoms with Gasteiger partial charge in [-0.15, -0.1) is 0 Å². The van der Waals surface area contributed by atoms with E-state index in [4.69, 9.17) is 4.74 Å². The number of Topliss-reactive ketones (excluding diaryl/α,β-unsaturated/α-hetero) is 1. The van der Waals surface area contributed by atoms with Crippen molar-refractivity contribution in [2.75, 3.05) is 7.11 Å². The number of ether oxygens (including phenoxy) is 1. The first-order valence-corrected chi connectivity index (χ1v) is 9.05. The summed E-state index contributed by atoms with van der Waals surface area (Å²) in [4.78, 5) is 22.0. The second-order valence-corrected chi connectivity index (χ2v) is 7.04. The number of fused-ring (bicyclic) bond motifs is 1. The lowest BCUT2D eigenvalue weighted by Crippen LogP contribution is -2.21. The van der Waals surface area contributed by atoms with Crippen LogP contribution in [0.1, 0.15) is 51.0 Å². The van der Waals surface area contributed by atoms with Crippen molar-refractivity contribution in [3.8, 4) is 11.7 Å². The summed E-state index contributed by atoms with van der Waals surface area (Å²) < 4.78 is 7.26. The Balaban J connectivity index is 1.83. The molecule has 2 heterocycles. The Labute approximate surface area is 158 Å². The van der Waals surface area contributed by atoms with Crippen molar-refractivity contribution in [2.24, 2.45) is 0 Å². The van der Waals surface area contributed by atoms with Crippen LogP contribution >= 0.6 is 0 Å². The number of carbonyl (C=O) groups is 1. The monoisotopic (exact) mass is 362 g/mol. The Bertz CT molecular complexity index is 1020. The molecule has 1 atom stereocenters. The Hall–Kier alpha value is -3.02. The zero-order valence-corrected chi connectivity index (χ0v) is 16.0. The maximum Gasteiger partial charge on any atom is 0.251 e. The lowest BCUT2D eigenvalue weighted by atomic mass is 9.81. The molecule has 0 bridgehead atoms. The normalized spacial score (nSPS) is 16.3. The average Bonchev–Trinajstić information content (AvgIpc) is 2.98. The van der Waals surface area contributed by atoms with Crippen molar-refractivity contribution in [1.82, 2.24) is 19.7 Å². The van der Waals surface area contributed by atoms with Crippen LogP contribution in [0.25, 0.3) is 5.95 Å². The number of rotatable bonds is 3. The number of carbonyl (C=O) groups excluding carboxylic acids is 1. The van der Waals surface area contributed by atoms with Gasteiger partial charge in [0.15, 0.2) is 5.78 Å². The van der Waals surface area contributed by atoms with E-state index < -0.39 is 0 Å². The molecule has 1 aliphatic rings. The third-order valence-electron chi connectivity index (χ3n) is 5.05. The van der Waals surface area contributed by atoms with Crippen molar-refractivity contribution >= 4 is 5.78 Å². The molecule has 0 radical (unpaired) electrons. The van der Waals surface area contributed by atoms with Crippen LogP contribution in [0.4, 0.5) is 0 Å². The van der Waals surface area contributed by atoms with Crippen LogP contribution in [0.2, 0.25) is 0 Å². The highest BCUT2D eigenvalue weighted by molar-refractivity contribution is 6.00. The van der Waals surface area contributed by atoms with E-state index in [1.165, 1.54) is 0 Å². The summed E-state index contributed by atoms with van der Waals surface area (Å²) in [6.45, 7) is 5.74. The van der Waals surface area contributed by atoms with Gasteiger partial charge < -0.3 is 4.74 Å². The minimum atomic E-state index is 0.0434. The largest absolute Gasteiger partial charge is 0.496 e. The van der Waals surface area contributed by atoms with Gasteiger partial charge in [-0.25, -0.2) is 14.6 Å². The average molecular weight is 362 g/mol. The first-order valence-electron chi connectivity index (χ1n) is 9.05. The molecule has 3 aromatic rings. The van der Waals surface area contributed by atoms with Gasteiger partial charge in [0, 0.05) is 23.7 Å². The zero-order valence-electron chi connectivity index (χ0n) is 16.0. The molecular formula is C21H22N4O2. The number of para-hydroxylation sites is 1. The summed E-state index contributed by atoms with van der Waals surface area (Å²) in [7, 11) is 1.66. The van der Waals surface area contributed by atoms with Crippen LogP contribution in [0.15, 0.2) is 30.3 Å². The Kier molecular flexibility index (Phi) is 4.26. The SMILES string of the molecule is COc1ccccc1[C@@H]1CC(=O)c2c(C)nn(-c3nc(C)cc(C)n3)c2C1. The van der Waals surface area contributed by atoms with Gasteiger partial charge in [-0.2, -0.15) is 5.10 Å². The maximum absolute atomic E-state index is 12.9. The molecule has 0 saturated carbocycles. The highest BCUT2D eigenvalue weighted by atomic mass is 16.5. The summed E-state index contributed by atoms with van der Waals surface area (Å²) in [5.74, 6) is 1.48. The fourth-order valence-electron chi connectivity index (χ4n) is 3.95. The molecule has 0 aliphatic heterocycles. The topological polar surface area (TPSA) is 69.9 Å². The van der Waals surface area contributed by atoms with E-state index in [0.717, 1.165) is 34.1 Å². The molecule has 0 N–H and O–H groups in total. The Morgan fingerprint density at radius 2 is 1.78 bits per heavy atom. The number of aromatic nitrogens is 4. The summed E-state index contributed by atoms with van der Waals surface area (Å²) in [6.07, 6.45) is 1.15. The molecule has 0 amide bonds. The number of aryl methyl sites for hydroxylation is 3. The minimum Gasteiger partial charge on any atom is -0.496 e. The number of nitrogens with zero attached hydrogens (tertiary/aromatic N) is 4. The van der Waals surface area contributed by atoms with Gasteiger partial charge in [0.05, 0.1) is 24.1 Å². The summed E-state index contributed by atoms with van der Waals surface area (Å²) in [5.41, 5.74) is 5.13. The van der Waals surface area contributed by atoms with Crippen LogP contribution < -0.4 is 4.74 Å². The number of methoxy groups -OCH3 is 1. The van der Waals surface area contributed by atoms with Gasteiger partial charge in [0.2, 0.25) is 0 Å². The standard InChI is InChI=1S/C21H22N4O2/c1-12-9-13(2)23-21(22-12)25-17-10-15(11-18(26)20(17)14(3)24-25)16-7-5-6-8-19(16)27-4/h5-9,15H,10-11H2,1-4H3/t15-/m0/s1. The van der Waals surface area contributed by atoms with Crippen LogP contribution in [0.5, 0.6) is 5.75 Å². The van der Waals surface area contributed by atoms with E-state index in [2.05, 4.69) is 15.1 Å². The van der Waals surface area contributed by atoms with Gasteiger partial charge >= 0.3 is 0 Å². The first kappa shape index (κ1) is 17.4. The number of ketones is 1. The van der Waals surface area contributed by atoms with Crippen molar-refractivity contribution in [3.63, 3.8) is 0 Å². The molecule has 0 fully saturated rings. The molecule has 0 spiro atoms. The van der Waals surface area contributed by atoms with E-state index in [-0.39, 0.29) is 11.7 Å². The highest BCUT2D eigenvalue weighted by Gasteiger charge is 2.33. The highest BCUT2D eigenvalue weighted by Crippen LogP contribution is 2.38. The zero-order chi connectivity index (χ0) is 19.1. The molecule has 0 unspecified atom stereocenters. The molecule has 1 aliphatic carbocycles. The smallest absolute Gasteiger partial charge is 0.251 e. The quantitative estimate of drug-likeness (QED) is 0.713. The molecule has 27 heavy (non-hydrogen) atoms. The second kappa shape index (κ2) is 6.61. The van der Waals surface area contributed by atoms with E-state index in [1.807, 2.05) is 51.1 Å². The van der Waals surface area contributed by atoms with Crippen molar-refractivity contribution < 1.29 is 9.53 Å². The summed E-state index contributed by atoms with van der Waals surface area (Å²) in [6, 6.07) is 9.81. The van der Waals surface area contributed by atoms with Crippen molar-refractivity contribution in [1.29, 1.82) is 0 Å². The third-order valence-corrected chi connectivity index (χ3v) is 5.05. The molecule has 1 aromatic carbocycles. The van der Waals surface area contributed by atoms with Crippen LogP contribution in [-0.2, 0) is 6.42 Å². The molecule has 6 heteroatoms. The van der Waals surface area contributed by atoms with E-state index in [9.17, 15) is 4.79 Å². The fraction of sp³-hybridized carbons (Fsp3) is 0.333. The second-order valence-electron chi connectivity index (χ2n) is 7.04. The maximum atomic E-state index is 12.9. The molecule has 4 rings (SSSR count). The van der Waals surface area contributed by atoms with E-state index >= 15 is 0 Å². The van der Waals surface area contributed by atoms with Gasteiger partial charge in [-0.05, 0) is 44.9 Å². The molecular weight excluding hydrogens is 340 g/mol. The van der Waals surface area contributed by atoms with E-state index in [0.29, 0.717) is 24.4 Å². The first-order chi connectivity index (χ1) is 13.0. The van der Waals surface area contributed by atoms with Crippen LogP contribution in [0.3, 0.4) is 0 Å². The molecule has 138 valence electrons.